The number of benzene rings is 1. The molecule has 0 unspecified atom stereocenters. The van der Waals surface area contributed by atoms with Crippen LogP contribution in [0.25, 0.3) is 5.57 Å². The average molecular weight is 480 g/mol. The molecule has 0 amide bonds. The number of nitrogens with one attached hydrogen (secondary N) is 1. The molecular formula is C28H38ClN5. The fraction of sp³-hybridized carbons (Fsp3) is 0.429. The highest BCUT2D eigenvalue weighted by atomic mass is 35.5. The second-order valence-electron chi connectivity index (χ2n) is 9.19. The van der Waals surface area contributed by atoms with Crippen LogP contribution in [0, 0.1) is 5.92 Å². The van der Waals surface area contributed by atoms with Crippen LogP contribution in [0.4, 0.5) is 0 Å². The van der Waals surface area contributed by atoms with E-state index in [0.717, 1.165) is 60.9 Å². The number of likely N-dealkylation sites (N-methyl/N-ethyl adjacent to an activating group) is 1. The number of allylic oxidation sites excluding steroid dienone is 4. The number of nitrogens with zero attached hydrogens (tertiary/aromatic N) is 4. The molecule has 0 spiro atoms. The van der Waals surface area contributed by atoms with E-state index in [4.69, 9.17) is 16.6 Å². The van der Waals surface area contributed by atoms with Crippen LogP contribution in [0.2, 0.25) is 5.02 Å². The first-order valence-electron chi connectivity index (χ1n) is 12.0. The maximum Gasteiger partial charge on any atom is 0.0859 e. The molecule has 0 radical (unpaired) electrons. The minimum Gasteiger partial charge on any atom is -0.353 e. The number of rotatable bonds is 9. The van der Waals surface area contributed by atoms with Gasteiger partial charge in [-0.3, -0.25) is 14.9 Å². The van der Waals surface area contributed by atoms with Crippen LogP contribution >= 0.6 is 11.6 Å². The van der Waals surface area contributed by atoms with Gasteiger partial charge in [0.1, 0.15) is 0 Å². The van der Waals surface area contributed by atoms with E-state index >= 15 is 0 Å². The molecule has 2 atom stereocenters. The highest BCUT2D eigenvalue weighted by Crippen LogP contribution is 2.36. The predicted octanol–water partition coefficient (Wildman–Crippen LogP) is 5.73. The van der Waals surface area contributed by atoms with Gasteiger partial charge in [0.15, 0.2) is 0 Å². The summed E-state index contributed by atoms with van der Waals surface area (Å²) < 4.78 is 0. The molecule has 0 aliphatic carbocycles. The van der Waals surface area contributed by atoms with Crippen LogP contribution in [0.1, 0.15) is 43.9 Å². The molecule has 0 aromatic heterocycles. The molecule has 2 heterocycles. The summed E-state index contributed by atoms with van der Waals surface area (Å²) in [5, 5.41) is 3.79. The topological polar surface area (TPSA) is 43.2 Å². The molecule has 1 fully saturated rings. The lowest BCUT2D eigenvalue weighted by Gasteiger charge is -2.39. The molecule has 6 heteroatoms. The summed E-state index contributed by atoms with van der Waals surface area (Å²) >= 11 is 6.51. The van der Waals surface area contributed by atoms with E-state index in [0.29, 0.717) is 5.92 Å². The number of hydrogen-bond donors (Lipinski definition) is 1. The Bertz CT molecular complexity index is 996. The molecule has 0 saturated carbocycles. The number of hydrogen-bond acceptors (Lipinski definition) is 4. The summed E-state index contributed by atoms with van der Waals surface area (Å²) in [7, 11) is 3.93. The van der Waals surface area contributed by atoms with Crippen LogP contribution in [-0.4, -0.2) is 62.1 Å². The summed E-state index contributed by atoms with van der Waals surface area (Å²) in [6, 6.07) is 6.31. The van der Waals surface area contributed by atoms with Crippen LogP contribution in [-0.2, 0) is 0 Å². The molecule has 0 bridgehead atoms. The highest BCUT2D eigenvalue weighted by Gasteiger charge is 2.31. The van der Waals surface area contributed by atoms with Gasteiger partial charge in [-0.25, -0.2) is 0 Å². The summed E-state index contributed by atoms with van der Waals surface area (Å²) in [6.07, 6.45) is 13.8. The Labute approximate surface area is 210 Å². The Morgan fingerprint density at radius 1 is 1.29 bits per heavy atom. The van der Waals surface area contributed by atoms with Gasteiger partial charge >= 0.3 is 0 Å². The monoisotopic (exact) mass is 479 g/mol. The third-order valence-electron chi connectivity index (χ3n) is 6.43. The predicted molar refractivity (Wildman–Crippen MR) is 148 cm³/mol. The van der Waals surface area contributed by atoms with Gasteiger partial charge in [-0.2, -0.15) is 0 Å². The van der Waals surface area contributed by atoms with Crippen LogP contribution in [0.3, 0.4) is 0 Å². The number of piperazine rings is 1. The van der Waals surface area contributed by atoms with E-state index in [1.807, 2.05) is 18.5 Å². The van der Waals surface area contributed by atoms with Crippen LogP contribution in [0.15, 0.2) is 71.0 Å². The maximum absolute atomic E-state index is 6.51. The fourth-order valence-corrected chi connectivity index (χ4v) is 4.68. The molecule has 1 aromatic rings. The smallest absolute Gasteiger partial charge is 0.0859 e. The molecule has 2 aliphatic heterocycles. The zero-order chi connectivity index (χ0) is 24.5. The summed E-state index contributed by atoms with van der Waals surface area (Å²) in [5.41, 5.74) is 5.80. The van der Waals surface area contributed by atoms with E-state index in [1.165, 1.54) is 11.1 Å². The molecule has 2 aliphatic rings. The Morgan fingerprint density at radius 2 is 2.06 bits per heavy atom. The van der Waals surface area contributed by atoms with Crippen molar-refractivity contribution < 1.29 is 0 Å². The molecule has 3 rings (SSSR count). The van der Waals surface area contributed by atoms with Crippen molar-refractivity contribution in [3.05, 3.63) is 77.1 Å². The van der Waals surface area contributed by atoms with E-state index in [1.54, 1.807) is 13.4 Å². The van der Waals surface area contributed by atoms with E-state index in [-0.39, 0.29) is 6.04 Å². The molecule has 1 N–H and O–H groups in total. The zero-order valence-corrected chi connectivity index (χ0v) is 21.7. The van der Waals surface area contributed by atoms with Gasteiger partial charge in [-0.05, 0) is 73.3 Å². The third kappa shape index (κ3) is 7.02. The highest BCUT2D eigenvalue weighted by molar-refractivity contribution is 6.30. The first kappa shape index (κ1) is 26.1. The van der Waals surface area contributed by atoms with Gasteiger partial charge in [0.25, 0.3) is 0 Å². The lowest BCUT2D eigenvalue weighted by Crippen LogP contribution is -2.48. The first-order chi connectivity index (χ1) is 16.4. The molecule has 5 nitrogen and oxygen atoms in total. The van der Waals surface area contributed by atoms with Gasteiger partial charge in [0.2, 0.25) is 0 Å². The Balaban J connectivity index is 1.98. The van der Waals surface area contributed by atoms with Crippen LogP contribution in [0.5, 0.6) is 0 Å². The van der Waals surface area contributed by atoms with Gasteiger partial charge in [-0.15, -0.1) is 0 Å². The van der Waals surface area contributed by atoms with Crippen molar-refractivity contribution in [2.75, 3.05) is 40.3 Å². The minimum absolute atomic E-state index is 0.0602. The molecule has 1 saturated heterocycles. The molecular weight excluding hydrogens is 442 g/mol. The average Bonchev–Trinajstić information content (AvgIpc) is 3.03. The normalized spacial score (nSPS) is 19.7. The van der Waals surface area contributed by atoms with Crippen molar-refractivity contribution in [2.24, 2.45) is 15.9 Å². The molecule has 182 valence electrons. The Hall–Kier alpha value is -2.47. The van der Waals surface area contributed by atoms with Gasteiger partial charge < -0.3 is 10.2 Å². The van der Waals surface area contributed by atoms with Crippen molar-refractivity contribution >= 4 is 29.2 Å². The summed E-state index contributed by atoms with van der Waals surface area (Å²) in [6.45, 7) is 13.0. The van der Waals surface area contributed by atoms with Gasteiger partial charge in [-0.1, -0.05) is 49.4 Å². The Morgan fingerprint density at radius 3 is 2.79 bits per heavy atom. The quantitative estimate of drug-likeness (QED) is 0.363. The maximum atomic E-state index is 6.51. The fourth-order valence-electron chi connectivity index (χ4n) is 4.51. The molecule has 1 aromatic carbocycles. The van der Waals surface area contributed by atoms with Gasteiger partial charge in [0.05, 0.1) is 18.1 Å². The lowest BCUT2D eigenvalue weighted by atomic mass is 9.86. The minimum atomic E-state index is 0.0602. The Kier molecular flexibility index (Phi) is 9.87. The van der Waals surface area contributed by atoms with E-state index in [2.05, 4.69) is 77.9 Å². The van der Waals surface area contributed by atoms with Crippen molar-refractivity contribution in [3.8, 4) is 0 Å². The third-order valence-corrected chi connectivity index (χ3v) is 6.66. The second kappa shape index (κ2) is 12.8. The van der Waals surface area contributed by atoms with Gasteiger partial charge in [0, 0.05) is 44.4 Å². The largest absolute Gasteiger partial charge is 0.353 e. The molecule has 34 heavy (non-hydrogen) atoms. The zero-order valence-electron chi connectivity index (χ0n) is 21.0. The summed E-state index contributed by atoms with van der Waals surface area (Å²) in [5.74, 6) is 0.318. The SMILES string of the molecule is C=C(C[C@@H](C)/C=C/NC=NC)c1cc(Cl)ccc1[C@@H](C1=NC=CCC=C1C)N1CCN(C)CC1. The van der Waals surface area contributed by atoms with E-state index in [9.17, 15) is 0 Å². The van der Waals surface area contributed by atoms with Crippen molar-refractivity contribution in [1.29, 1.82) is 0 Å². The van der Waals surface area contributed by atoms with Crippen molar-refractivity contribution in [1.82, 2.24) is 15.1 Å². The summed E-state index contributed by atoms with van der Waals surface area (Å²) in [4.78, 5) is 13.8. The number of halogens is 1. The lowest BCUT2D eigenvalue weighted by molar-refractivity contribution is 0.137. The van der Waals surface area contributed by atoms with E-state index < -0.39 is 0 Å². The number of aliphatic imine (C=N–C) groups is 2. The van der Waals surface area contributed by atoms with Crippen molar-refractivity contribution in [2.45, 2.75) is 32.7 Å². The van der Waals surface area contributed by atoms with Crippen molar-refractivity contribution in [3.63, 3.8) is 0 Å². The van der Waals surface area contributed by atoms with Crippen LogP contribution < -0.4 is 5.32 Å². The first-order valence-corrected chi connectivity index (χ1v) is 12.4. The second-order valence-corrected chi connectivity index (χ2v) is 9.63. The standard InChI is InChI=1S/C28H38ClN5/c1-21(11-13-31-20-30-4)18-23(3)26-19-24(29)9-10-25(26)28(34-16-14-33(5)15-17-34)27-22(2)8-6-7-12-32-27/h7-13,19-21,28H,3,6,14-18H2,1-2,4-5H3,(H,30,31)/b13-11+/t21-,28-/m0/s1.